The minimum Gasteiger partial charge on any atom is -0.0969 e. The van der Waals surface area contributed by atoms with Crippen LogP contribution < -0.4 is 0 Å². The average molecular weight is 171 g/mol. The minimum absolute atomic E-state index is 0.321. The van der Waals surface area contributed by atoms with Gasteiger partial charge in [0.1, 0.15) is 0 Å². The molecular weight excluding hydrogens is 154 g/mol. The molecule has 0 amide bonds. The molecule has 11 heavy (non-hydrogen) atoms. The number of azide groups is 1. The van der Waals surface area contributed by atoms with Crippen molar-refractivity contribution in [2.45, 2.75) is 38.9 Å². The molecule has 3 nitrogen and oxygen atoms in total. The van der Waals surface area contributed by atoms with E-state index in [-0.39, 0.29) is 0 Å². The van der Waals surface area contributed by atoms with Crippen LogP contribution in [0.5, 0.6) is 0 Å². The normalized spacial score (nSPS) is 12.5. The molecule has 0 aliphatic rings. The first-order valence-corrected chi connectivity index (χ1v) is 7.03. The van der Waals surface area contributed by atoms with E-state index in [2.05, 4.69) is 43.9 Å². The fourth-order valence-electron chi connectivity index (χ4n) is 0.446. The molecule has 0 aliphatic carbocycles. The van der Waals surface area contributed by atoms with E-state index >= 15 is 0 Å². The molecule has 0 fully saturated rings. The summed E-state index contributed by atoms with van der Waals surface area (Å²) in [5.74, 6) is 0. The first-order valence-electron chi connectivity index (χ1n) is 3.82. The Balaban J connectivity index is 4.33. The van der Waals surface area contributed by atoms with E-state index in [4.69, 9.17) is 5.53 Å². The second-order valence-electron chi connectivity index (χ2n) is 4.52. The molecule has 0 aromatic carbocycles. The number of rotatable bonds is 2. The van der Waals surface area contributed by atoms with Gasteiger partial charge in [0, 0.05) is 11.1 Å². The van der Waals surface area contributed by atoms with Gasteiger partial charge < -0.3 is 0 Å². The molecule has 0 unspecified atom stereocenters. The van der Waals surface area contributed by atoms with Gasteiger partial charge in [0.15, 0.2) is 0 Å². The highest BCUT2D eigenvalue weighted by atomic mass is 28.3. The molecule has 0 heterocycles. The summed E-state index contributed by atoms with van der Waals surface area (Å²) < 4.78 is 0. The molecule has 0 atom stereocenters. The van der Waals surface area contributed by atoms with Gasteiger partial charge >= 0.3 is 0 Å². The van der Waals surface area contributed by atoms with Crippen LogP contribution in [0.2, 0.25) is 18.1 Å². The van der Waals surface area contributed by atoms with Gasteiger partial charge in [-0.05, 0) is 10.6 Å². The highest BCUT2D eigenvalue weighted by molar-refractivity contribution is 6.80. The van der Waals surface area contributed by atoms with Gasteiger partial charge in [-0.25, -0.2) is 0 Å². The van der Waals surface area contributed by atoms with Crippen molar-refractivity contribution in [2.24, 2.45) is 5.11 Å². The Morgan fingerprint density at radius 1 is 1.36 bits per heavy atom. The molecule has 0 bridgehead atoms. The lowest BCUT2D eigenvalue weighted by atomic mass is 10.2. The quantitative estimate of drug-likeness (QED) is 0.265. The zero-order valence-corrected chi connectivity index (χ0v) is 9.05. The van der Waals surface area contributed by atoms with E-state index in [0.29, 0.717) is 11.2 Å². The van der Waals surface area contributed by atoms with E-state index in [1.807, 2.05) is 0 Å². The minimum atomic E-state index is -1.35. The number of hydrogen-bond donors (Lipinski definition) is 0. The van der Waals surface area contributed by atoms with Crippen LogP contribution in [0, 0.1) is 0 Å². The molecular formula is C7H17N3Si. The highest BCUT2D eigenvalue weighted by Gasteiger charge is 2.33. The predicted molar refractivity (Wildman–Crippen MR) is 51.2 cm³/mol. The third kappa shape index (κ3) is 2.95. The van der Waals surface area contributed by atoms with Crippen LogP contribution in [-0.2, 0) is 0 Å². The summed E-state index contributed by atoms with van der Waals surface area (Å²) in [7, 11) is -1.35. The Bertz CT molecular complexity index is 175. The summed E-state index contributed by atoms with van der Waals surface area (Å²) in [6, 6.07) is 0. The van der Waals surface area contributed by atoms with E-state index in [1.165, 1.54) is 0 Å². The molecule has 0 aromatic rings. The van der Waals surface area contributed by atoms with Gasteiger partial charge in [-0.15, -0.1) is 0 Å². The van der Waals surface area contributed by atoms with Crippen LogP contribution in [0.3, 0.4) is 0 Å². The summed E-state index contributed by atoms with van der Waals surface area (Å²) in [4.78, 5) is 2.79. The zero-order valence-electron chi connectivity index (χ0n) is 8.05. The highest BCUT2D eigenvalue weighted by Crippen LogP contribution is 2.35. The Morgan fingerprint density at radius 2 is 1.82 bits per heavy atom. The van der Waals surface area contributed by atoms with Crippen LogP contribution in [0.15, 0.2) is 5.11 Å². The van der Waals surface area contributed by atoms with Gasteiger partial charge in [0.2, 0.25) is 0 Å². The molecule has 0 radical (unpaired) electrons. The lowest BCUT2D eigenvalue weighted by Gasteiger charge is -2.35. The van der Waals surface area contributed by atoms with Crippen LogP contribution >= 0.6 is 0 Å². The first-order chi connectivity index (χ1) is 4.81. The van der Waals surface area contributed by atoms with Crippen molar-refractivity contribution in [1.29, 1.82) is 0 Å². The predicted octanol–water partition coefficient (Wildman–Crippen LogP) is 3.34. The summed E-state index contributed by atoms with van der Waals surface area (Å²) in [6.07, 6.45) is 0.701. The Labute approximate surface area is 69.4 Å². The lowest BCUT2D eigenvalue weighted by Crippen LogP contribution is -2.40. The third-order valence-electron chi connectivity index (χ3n) is 2.56. The van der Waals surface area contributed by atoms with Crippen molar-refractivity contribution >= 4 is 8.07 Å². The molecule has 0 saturated carbocycles. The Kier molecular flexibility index (Phi) is 3.14. The standard InChI is InChI=1S/C7H17N3Si/c1-7(2,3)11(4,5)6-9-10-8/h6H2,1-5H3. The van der Waals surface area contributed by atoms with Crippen LogP contribution in [-0.4, -0.2) is 14.2 Å². The van der Waals surface area contributed by atoms with E-state index in [1.54, 1.807) is 0 Å². The summed E-state index contributed by atoms with van der Waals surface area (Å²) >= 11 is 0. The van der Waals surface area contributed by atoms with Gasteiger partial charge in [0.05, 0.1) is 8.07 Å². The Morgan fingerprint density at radius 3 is 2.09 bits per heavy atom. The van der Waals surface area contributed by atoms with E-state index in [9.17, 15) is 0 Å². The Hall–Kier alpha value is -0.473. The molecule has 0 rings (SSSR count). The fourth-order valence-corrected chi connectivity index (χ4v) is 1.34. The number of nitrogens with zero attached hydrogens (tertiary/aromatic N) is 3. The van der Waals surface area contributed by atoms with Gasteiger partial charge in [-0.3, -0.25) is 0 Å². The largest absolute Gasteiger partial charge is 0.0969 e. The second kappa shape index (κ2) is 3.28. The fraction of sp³-hybridized carbons (Fsp3) is 1.00. The van der Waals surface area contributed by atoms with Gasteiger partial charge in [-0.1, -0.05) is 39.0 Å². The van der Waals surface area contributed by atoms with Crippen molar-refractivity contribution in [1.82, 2.24) is 0 Å². The van der Waals surface area contributed by atoms with Crippen LogP contribution in [0.25, 0.3) is 10.4 Å². The maximum Gasteiger partial charge on any atom is 0.0595 e. The molecule has 0 aromatic heterocycles. The van der Waals surface area contributed by atoms with E-state index < -0.39 is 8.07 Å². The molecule has 64 valence electrons. The second-order valence-corrected chi connectivity index (χ2v) is 10.1. The van der Waals surface area contributed by atoms with Crippen LogP contribution in [0.4, 0.5) is 0 Å². The number of hydrogen-bond acceptors (Lipinski definition) is 1. The topological polar surface area (TPSA) is 48.8 Å². The maximum atomic E-state index is 8.18. The maximum absolute atomic E-state index is 8.18. The average Bonchev–Trinajstić information content (AvgIpc) is 1.81. The summed E-state index contributed by atoms with van der Waals surface area (Å²) in [6.45, 7) is 11.1. The van der Waals surface area contributed by atoms with E-state index in [0.717, 1.165) is 0 Å². The molecule has 0 spiro atoms. The van der Waals surface area contributed by atoms with Crippen molar-refractivity contribution in [3.05, 3.63) is 10.4 Å². The lowest BCUT2D eigenvalue weighted by molar-refractivity contribution is 0.715. The summed E-state index contributed by atoms with van der Waals surface area (Å²) in [5, 5.41) is 3.97. The van der Waals surface area contributed by atoms with Gasteiger partial charge in [0.25, 0.3) is 0 Å². The monoisotopic (exact) mass is 171 g/mol. The van der Waals surface area contributed by atoms with Crippen molar-refractivity contribution < 1.29 is 0 Å². The van der Waals surface area contributed by atoms with Crippen molar-refractivity contribution in [3.8, 4) is 0 Å². The third-order valence-corrected chi connectivity index (χ3v) is 7.55. The van der Waals surface area contributed by atoms with Crippen molar-refractivity contribution in [2.75, 3.05) is 6.17 Å². The van der Waals surface area contributed by atoms with Crippen molar-refractivity contribution in [3.63, 3.8) is 0 Å². The molecule has 0 aliphatic heterocycles. The SMILES string of the molecule is CC(C)(C)[Si](C)(C)CN=[N+]=[N-]. The van der Waals surface area contributed by atoms with Crippen LogP contribution in [0.1, 0.15) is 20.8 Å². The molecule has 0 N–H and O–H groups in total. The molecule has 0 saturated heterocycles. The first kappa shape index (κ1) is 10.5. The zero-order chi connectivity index (χ0) is 9.12. The molecule has 4 heteroatoms. The smallest absolute Gasteiger partial charge is 0.0595 e. The summed E-state index contributed by atoms with van der Waals surface area (Å²) in [5.41, 5.74) is 8.18. The van der Waals surface area contributed by atoms with Gasteiger partial charge in [-0.2, -0.15) is 0 Å².